The molecule has 0 radical (unpaired) electrons. The molecule has 14 heavy (non-hydrogen) atoms. The molecule has 1 saturated heterocycles. The van der Waals surface area contributed by atoms with Crippen LogP contribution in [0.3, 0.4) is 0 Å². The van der Waals surface area contributed by atoms with Crippen molar-refractivity contribution in [1.82, 2.24) is 10.2 Å². The summed E-state index contributed by atoms with van der Waals surface area (Å²) in [7, 11) is 3.40. The zero-order valence-corrected chi connectivity index (χ0v) is 9.16. The van der Waals surface area contributed by atoms with E-state index in [4.69, 9.17) is 9.47 Å². The topological polar surface area (TPSA) is 50.8 Å². The first-order valence-corrected chi connectivity index (χ1v) is 4.67. The van der Waals surface area contributed by atoms with Crippen LogP contribution in [0.2, 0.25) is 0 Å². The lowest BCUT2D eigenvalue weighted by molar-refractivity contribution is -0.137. The largest absolute Gasteiger partial charge is 0.348 e. The van der Waals surface area contributed by atoms with Gasteiger partial charge in [0.25, 0.3) is 0 Å². The highest BCUT2D eigenvalue weighted by Crippen LogP contribution is 2.21. The normalized spacial score (nSPS) is 24.7. The average molecular weight is 202 g/mol. The molecule has 0 bridgehead atoms. The van der Waals surface area contributed by atoms with Gasteiger partial charge in [0, 0.05) is 20.6 Å². The Labute approximate surface area is 84.4 Å². The number of ether oxygens (including phenoxy) is 2. The van der Waals surface area contributed by atoms with Crippen LogP contribution in [0.1, 0.15) is 13.8 Å². The molecular formula is C9H18N2O3. The fraction of sp³-hybridized carbons (Fsp3) is 0.889. The average Bonchev–Trinajstić information content (AvgIpc) is 2.41. The van der Waals surface area contributed by atoms with Crippen molar-refractivity contribution in [3.8, 4) is 0 Å². The van der Waals surface area contributed by atoms with Crippen LogP contribution in [-0.2, 0) is 9.47 Å². The van der Waals surface area contributed by atoms with Crippen LogP contribution in [0.15, 0.2) is 0 Å². The molecule has 2 amide bonds. The summed E-state index contributed by atoms with van der Waals surface area (Å²) < 4.78 is 10.9. The van der Waals surface area contributed by atoms with Gasteiger partial charge in [-0.05, 0) is 13.8 Å². The van der Waals surface area contributed by atoms with Gasteiger partial charge in [-0.3, -0.25) is 0 Å². The molecule has 0 aromatic carbocycles. The molecule has 0 saturated carbocycles. The number of urea groups is 1. The summed E-state index contributed by atoms with van der Waals surface area (Å²) in [4.78, 5) is 12.7. The van der Waals surface area contributed by atoms with E-state index in [-0.39, 0.29) is 12.1 Å². The van der Waals surface area contributed by atoms with Gasteiger partial charge >= 0.3 is 6.03 Å². The van der Waals surface area contributed by atoms with Crippen LogP contribution >= 0.6 is 0 Å². The molecule has 1 rings (SSSR count). The molecule has 0 aliphatic carbocycles. The Balaban J connectivity index is 2.24. The van der Waals surface area contributed by atoms with Crippen molar-refractivity contribution in [2.45, 2.75) is 25.7 Å². The molecule has 82 valence electrons. The minimum Gasteiger partial charge on any atom is -0.348 e. The van der Waals surface area contributed by atoms with Crippen LogP contribution in [-0.4, -0.2) is 50.1 Å². The summed E-state index contributed by atoms with van der Waals surface area (Å²) in [6.07, 6.45) is -0.0473. The van der Waals surface area contributed by atoms with Crippen LogP contribution in [0.5, 0.6) is 0 Å². The maximum Gasteiger partial charge on any atom is 0.316 e. The van der Waals surface area contributed by atoms with Gasteiger partial charge in [0.2, 0.25) is 0 Å². The van der Waals surface area contributed by atoms with E-state index in [9.17, 15) is 4.79 Å². The van der Waals surface area contributed by atoms with E-state index < -0.39 is 5.79 Å². The van der Waals surface area contributed by atoms with E-state index in [0.29, 0.717) is 13.2 Å². The summed E-state index contributed by atoms with van der Waals surface area (Å²) >= 11 is 0. The number of rotatable bonds is 2. The second-order valence-corrected chi connectivity index (χ2v) is 4.03. The number of nitrogens with zero attached hydrogens (tertiary/aromatic N) is 1. The Morgan fingerprint density at radius 1 is 1.57 bits per heavy atom. The monoisotopic (exact) mass is 202 g/mol. The van der Waals surface area contributed by atoms with Crippen LogP contribution in [0, 0.1) is 0 Å². The van der Waals surface area contributed by atoms with Gasteiger partial charge in [-0.25, -0.2) is 4.79 Å². The third-order valence-electron chi connectivity index (χ3n) is 1.95. The molecule has 1 fully saturated rings. The highest BCUT2D eigenvalue weighted by Gasteiger charge is 2.32. The zero-order chi connectivity index (χ0) is 10.8. The van der Waals surface area contributed by atoms with Crippen molar-refractivity contribution in [3.05, 3.63) is 0 Å². The van der Waals surface area contributed by atoms with Gasteiger partial charge in [0.15, 0.2) is 5.79 Å². The molecule has 1 N–H and O–H groups in total. The van der Waals surface area contributed by atoms with Gasteiger partial charge in [0.05, 0.1) is 6.61 Å². The summed E-state index contributed by atoms with van der Waals surface area (Å²) in [6, 6.07) is -0.113. The number of amides is 2. The van der Waals surface area contributed by atoms with Gasteiger partial charge < -0.3 is 19.7 Å². The molecule has 0 spiro atoms. The summed E-state index contributed by atoms with van der Waals surface area (Å²) in [5.41, 5.74) is 0. The number of hydrogen-bond donors (Lipinski definition) is 1. The Kier molecular flexibility index (Phi) is 3.34. The van der Waals surface area contributed by atoms with Gasteiger partial charge in [0.1, 0.15) is 6.10 Å². The van der Waals surface area contributed by atoms with Crippen molar-refractivity contribution in [1.29, 1.82) is 0 Å². The Morgan fingerprint density at radius 2 is 2.21 bits per heavy atom. The first kappa shape index (κ1) is 11.3. The standard InChI is InChI=1S/C9H18N2O3/c1-9(2)13-6-7(14-9)5-10-8(12)11(3)4/h7H,5-6H2,1-4H3,(H,10,12). The molecule has 1 atom stereocenters. The van der Waals surface area contributed by atoms with Crippen LogP contribution in [0.25, 0.3) is 0 Å². The van der Waals surface area contributed by atoms with E-state index in [1.54, 1.807) is 14.1 Å². The number of nitrogens with one attached hydrogen (secondary N) is 1. The maximum atomic E-state index is 11.2. The number of carbonyl (C=O) groups excluding carboxylic acids is 1. The van der Waals surface area contributed by atoms with Crippen molar-refractivity contribution >= 4 is 6.03 Å². The first-order valence-electron chi connectivity index (χ1n) is 4.67. The maximum absolute atomic E-state index is 11.2. The summed E-state index contributed by atoms with van der Waals surface area (Å²) in [5, 5.41) is 2.74. The second-order valence-electron chi connectivity index (χ2n) is 4.03. The lowest BCUT2D eigenvalue weighted by Crippen LogP contribution is -2.40. The van der Waals surface area contributed by atoms with Crippen molar-refractivity contribution in [3.63, 3.8) is 0 Å². The quantitative estimate of drug-likeness (QED) is 0.705. The fourth-order valence-electron chi connectivity index (χ4n) is 1.22. The number of hydrogen-bond acceptors (Lipinski definition) is 3. The van der Waals surface area contributed by atoms with E-state index in [2.05, 4.69) is 5.32 Å². The predicted molar refractivity (Wildman–Crippen MR) is 52.0 cm³/mol. The van der Waals surface area contributed by atoms with Gasteiger partial charge in [-0.2, -0.15) is 0 Å². The predicted octanol–water partition coefficient (Wildman–Crippen LogP) is 0.409. The van der Waals surface area contributed by atoms with E-state index >= 15 is 0 Å². The Hall–Kier alpha value is -0.810. The molecule has 1 heterocycles. The van der Waals surface area contributed by atoms with E-state index in [0.717, 1.165) is 0 Å². The smallest absolute Gasteiger partial charge is 0.316 e. The molecular weight excluding hydrogens is 184 g/mol. The highest BCUT2D eigenvalue weighted by atomic mass is 16.7. The minimum atomic E-state index is -0.520. The Bertz CT molecular complexity index is 216. The molecule has 0 aromatic rings. The minimum absolute atomic E-state index is 0.0473. The zero-order valence-electron chi connectivity index (χ0n) is 9.16. The second kappa shape index (κ2) is 4.14. The Morgan fingerprint density at radius 3 is 2.64 bits per heavy atom. The van der Waals surface area contributed by atoms with Crippen molar-refractivity contribution < 1.29 is 14.3 Å². The third-order valence-corrected chi connectivity index (χ3v) is 1.95. The highest BCUT2D eigenvalue weighted by molar-refractivity contribution is 5.73. The third kappa shape index (κ3) is 3.16. The molecule has 5 heteroatoms. The number of carbonyl (C=O) groups is 1. The van der Waals surface area contributed by atoms with Crippen LogP contribution in [0.4, 0.5) is 4.79 Å². The summed E-state index contributed by atoms with van der Waals surface area (Å²) in [5.74, 6) is -0.520. The molecule has 1 aliphatic rings. The molecule has 1 aliphatic heterocycles. The summed E-state index contributed by atoms with van der Waals surface area (Å²) in [6.45, 7) is 4.74. The first-order chi connectivity index (χ1) is 6.41. The van der Waals surface area contributed by atoms with E-state index in [1.165, 1.54) is 4.90 Å². The van der Waals surface area contributed by atoms with Crippen molar-refractivity contribution in [2.75, 3.05) is 27.2 Å². The van der Waals surface area contributed by atoms with Crippen LogP contribution < -0.4 is 5.32 Å². The van der Waals surface area contributed by atoms with Gasteiger partial charge in [-0.1, -0.05) is 0 Å². The lowest BCUT2D eigenvalue weighted by atomic mass is 10.4. The SMILES string of the molecule is CN(C)C(=O)NCC1COC(C)(C)O1. The molecule has 5 nitrogen and oxygen atoms in total. The fourth-order valence-corrected chi connectivity index (χ4v) is 1.22. The molecule has 0 aromatic heterocycles. The lowest BCUT2D eigenvalue weighted by Gasteiger charge is -2.18. The van der Waals surface area contributed by atoms with Gasteiger partial charge in [-0.15, -0.1) is 0 Å². The van der Waals surface area contributed by atoms with Crippen molar-refractivity contribution in [2.24, 2.45) is 0 Å². The van der Waals surface area contributed by atoms with E-state index in [1.807, 2.05) is 13.8 Å². The molecule has 1 unspecified atom stereocenters.